The predicted octanol–water partition coefficient (Wildman–Crippen LogP) is 6.78. The number of aryl methyl sites for hydroxylation is 1. The van der Waals surface area contributed by atoms with Crippen molar-refractivity contribution in [3.05, 3.63) is 53.0 Å². The van der Waals surface area contributed by atoms with Gasteiger partial charge in [-0.25, -0.2) is 0 Å². The maximum atomic E-state index is 4.73. The van der Waals surface area contributed by atoms with Crippen LogP contribution in [0.2, 0.25) is 0 Å². The quantitative estimate of drug-likeness (QED) is 0.373. The van der Waals surface area contributed by atoms with Gasteiger partial charge in [0.15, 0.2) is 0 Å². The van der Waals surface area contributed by atoms with Crippen LogP contribution in [0.5, 0.6) is 0 Å². The molecule has 4 aromatic rings. The lowest BCUT2D eigenvalue weighted by Gasteiger charge is -2.20. The summed E-state index contributed by atoms with van der Waals surface area (Å²) in [4.78, 5) is 4.73. The van der Waals surface area contributed by atoms with Crippen LogP contribution in [-0.2, 0) is 5.41 Å². The number of hydrogen-bond donors (Lipinski definition) is 0. The van der Waals surface area contributed by atoms with Gasteiger partial charge in [0.2, 0.25) is 0 Å². The Bertz CT molecular complexity index is 1020. The van der Waals surface area contributed by atoms with Crippen molar-refractivity contribution in [2.75, 3.05) is 0 Å². The molecule has 23 heavy (non-hydrogen) atoms. The van der Waals surface area contributed by atoms with Crippen LogP contribution in [0, 0.1) is 6.92 Å². The molecule has 0 saturated heterocycles. The van der Waals surface area contributed by atoms with Crippen molar-refractivity contribution in [1.82, 2.24) is 4.98 Å². The fraction of sp³-hybridized carbons (Fsp3) is 0.250. The second-order valence-electron chi connectivity index (χ2n) is 7.09. The molecule has 0 radical (unpaired) electrons. The Morgan fingerprint density at radius 2 is 1.83 bits per heavy atom. The molecule has 0 unspecified atom stereocenters. The number of nitrogens with zero attached hydrogens (tertiary/aromatic N) is 1. The number of rotatable bonds is 1. The van der Waals surface area contributed by atoms with Gasteiger partial charge in [-0.05, 0) is 47.5 Å². The molecule has 3 aromatic heterocycles. The highest BCUT2D eigenvalue weighted by atomic mass is 32.1. The second-order valence-corrected chi connectivity index (χ2v) is 9.06. The van der Waals surface area contributed by atoms with E-state index in [4.69, 9.17) is 4.98 Å². The van der Waals surface area contributed by atoms with Gasteiger partial charge in [0.25, 0.3) is 0 Å². The number of aromatic nitrogens is 1. The van der Waals surface area contributed by atoms with E-state index in [0.29, 0.717) is 0 Å². The molecule has 4 rings (SSSR count). The third-order valence-electron chi connectivity index (χ3n) is 4.21. The van der Waals surface area contributed by atoms with E-state index in [1.165, 1.54) is 36.2 Å². The molecule has 0 atom stereocenters. The van der Waals surface area contributed by atoms with E-state index >= 15 is 0 Å². The minimum atomic E-state index is 0.143. The zero-order chi connectivity index (χ0) is 16.2. The molecule has 0 saturated carbocycles. The second kappa shape index (κ2) is 5.15. The van der Waals surface area contributed by atoms with Crippen molar-refractivity contribution >= 4 is 42.2 Å². The monoisotopic (exact) mass is 337 g/mol. The van der Waals surface area contributed by atoms with Gasteiger partial charge in [-0.15, -0.1) is 22.7 Å². The first kappa shape index (κ1) is 14.9. The Labute approximate surface area is 144 Å². The summed E-state index contributed by atoms with van der Waals surface area (Å²) in [5, 5.41) is 3.51. The number of thiophene rings is 2. The third kappa shape index (κ3) is 2.48. The van der Waals surface area contributed by atoms with Gasteiger partial charge < -0.3 is 0 Å². The standard InChI is InChI=1S/C20H19NS2/c1-12-9-13(11-14(10-12)20(2,3)4)17-19-15(5-7-21-17)18-16(23-19)6-8-22-18/h5-11H,1-4H3. The largest absolute Gasteiger partial charge is 0.255 e. The van der Waals surface area contributed by atoms with E-state index < -0.39 is 0 Å². The SMILES string of the molecule is Cc1cc(-c2nccc3c2sc2ccsc23)cc(C(C)(C)C)c1. The molecule has 0 N–H and O–H groups in total. The number of benzene rings is 1. The minimum absolute atomic E-state index is 0.143. The maximum Gasteiger partial charge on any atom is 0.0880 e. The van der Waals surface area contributed by atoms with E-state index in [-0.39, 0.29) is 5.41 Å². The van der Waals surface area contributed by atoms with Crippen LogP contribution in [0.4, 0.5) is 0 Å². The molecule has 116 valence electrons. The average Bonchev–Trinajstić information content (AvgIpc) is 3.06. The Balaban J connectivity index is 2.00. The summed E-state index contributed by atoms with van der Waals surface area (Å²) >= 11 is 3.68. The van der Waals surface area contributed by atoms with Crippen LogP contribution < -0.4 is 0 Å². The normalized spacial score (nSPS) is 12.3. The predicted molar refractivity (Wildman–Crippen MR) is 104 cm³/mol. The van der Waals surface area contributed by atoms with E-state index in [9.17, 15) is 0 Å². The molecule has 0 spiro atoms. The molecule has 1 nitrogen and oxygen atoms in total. The average molecular weight is 338 g/mol. The van der Waals surface area contributed by atoms with E-state index in [1.807, 2.05) is 28.9 Å². The molecule has 0 fully saturated rings. The first-order valence-electron chi connectivity index (χ1n) is 7.81. The molecule has 3 heteroatoms. The van der Waals surface area contributed by atoms with E-state index in [0.717, 1.165) is 5.69 Å². The maximum absolute atomic E-state index is 4.73. The highest BCUT2D eigenvalue weighted by Crippen LogP contribution is 2.41. The van der Waals surface area contributed by atoms with Crippen molar-refractivity contribution in [3.63, 3.8) is 0 Å². The Morgan fingerprint density at radius 1 is 1.00 bits per heavy atom. The summed E-state index contributed by atoms with van der Waals surface area (Å²) in [7, 11) is 0. The highest BCUT2D eigenvalue weighted by molar-refractivity contribution is 7.32. The molecule has 3 heterocycles. The van der Waals surface area contributed by atoms with Crippen molar-refractivity contribution in [3.8, 4) is 11.3 Å². The number of hydrogen-bond acceptors (Lipinski definition) is 3. The molecular formula is C20H19NS2. The van der Waals surface area contributed by atoms with Crippen LogP contribution in [0.15, 0.2) is 41.9 Å². The molecular weight excluding hydrogens is 318 g/mol. The molecule has 1 aromatic carbocycles. The third-order valence-corrected chi connectivity index (χ3v) is 6.46. The summed E-state index contributed by atoms with van der Waals surface area (Å²) in [6.07, 6.45) is 1.95. The van der Waals surface area contributed by atoms with Gasteiger partial charge in [-0.2, -0.15) is 0 Å². The molecule has 0 aliphatic heterocycles. The first-order chi connectivity index (χ1) is 10.9. The summed E-state index contributed by atoms with van der Waals surface area (Å²) in [6.45, 7) is 8.97. The zero-order valence-corrected chi connectivity index (χ0v) is 15.4. The van der Waals surface area contributed by atoms with Crippen LogP contribution in [0.25, 0.3) is 30.7 Å². The lowest BCUT2D eigenvalue weighted by atomic mass is 9.85. The van der Waals surface area contributed by atoms with Gasteiger partial charge >= 0.3 is 0 Å². The van der Waals surface area contributed by atoms with Gasteiger partial charge in [0.1, 0.15) is 0 Å². The minimum Gasteiger partial charge on any atom is -0.255 e. The van der Waals surface area contributed by atoms with E-state index in [1.54, 1.807) is 0 Å². The number of pyridine rings is 1. The van der Waals surface area contributed by atoms with Gasteiger partial charge in [0.05, 0.1) is 15.1 Å². The first-order valence-corrected chi connectivity index (χ1v) is 9.50. The van der Waals surface area contributed by atoms with E-state index in [2.05, 4.69) is 63.4 Å². The molecule has 0 aliphatic rings. The van der Waals surface area contributed by atoms with Crippen LogP contribution in [-0.4, -0.2) is 4.98 Å². The topological polar surface area (TPSA) is 12.9 Å². The molecule has 0 amide bonds. The summed E-state index contributed by atoms with van der Waals surface area (Å²) in [5.41, 5.74) is 5.15. The Morgan fingerprint density at radius 3 is 2.61 bits per heavy atom. The van der Waals surface area contributed by atoms with Crippen LogP contribution in [0.3, 0.4) is 0 Å². The van der Waals surface area contributed by atoms with Crippen molar-refractivity contribution in [1.29, 1.82) is 0 Å². The van der Waals surface area contributed by atoms with Crippen molar-refractivity contribution in [2.24, 2.45) is 0 Å². The van der Waals surface area contributed by atoms with Crippen LogP contribution in [0.1, 0.15) is 31.9 Å². The molecule has 0 aliphatic carbocycles. The van der Waals surface area contributed by atoms with Crippen molar-refractivity contribution in [2.45, 2.75) is 33.1 Å². The van der Waals surface area contributed by atoms with Gasteiger partial charge in [-0.3, -0.25) is 4.98 Å². The van der Waals surface area contributed by atoms with Crippen molar-refractivity contribution < 1.29 is 0 Å². The lowest BCUT2D eigenvalue weighted by molar-refractivity contribution is 0.590. The number of fused-ring (bicyclic) bond motifs is 3. The fourth-order valence-corrected chi connectivity index (χ4v) is 5.32. The summed E-state index contributed by atoms with van der Waals surface area (Å²) < 4.78 is 4.06. The highest BCUT2D eigenvalue weighted by Gasteiger charge is 2.17. The van der Waals surface area contributed by atoms with Gasteiger partial charge in [-0.1, -0.05) is 32.4 Å². The summed E-state index contributed by atoms with van der Waals surface area (Å²) in [6, 6.07) is 11.2. The Kier molecular flexibility index (Phi) is 3.33. The lowest BCUT2D eigenvalue weighted by Crippen LogP contribution is -2.11. The smallest absolute Gasteiger partial charge is 0.0880 e. The van der Waals surface area contributed by atoms with Crippen LogP contribution >= 0.6 is 22.7 Å². The summed E-state index contributed by atoms with van der Waals surface area (Å²) in [5.74, 6) is 0. The zero-order valence-electron chi connectivity index (χ0n) is 13.8. The van der Waals surface area contributed by atoms with Gasteiger partial charge in [0, 0.05) is 21.8 Å². The Hall–Kier alpha value is -1.71. The molecule has 0 bridgehead atoms. The fourth-order valence-electron chi connectivity index (χ4n) is 2.97.